The Morgan fingerprint density at radius 1 is 1.35 bits per heavy atom. The second kappa shape index (κ2) is 6.52. The molecule has 1 fully saturated rings. The zero-order valence-corrected chi connectivity index (χ0v) is 14.5. The van der Waals surface area contributed by atoms with Crippen LogP contribution in [0.4, 0.5) is 10.5 Å². The topological polar surface area (TPSA) is 41.6 Å². The van der Waals surface area contributed by atoms with Gasteiger partial charge in [-0.1, -0.05) is 18.6 Å². The Balaban J connectivity index is 1.68. The molecule has 0 aromatic heterocycles. The molecule has 1 saturated heterocycles. The predicted octanol–water partition coefficient (Wildman–Crippen LogP) is 3.67. The van der Waals surface area contributed by atoms with Crippen molar-refractivity contribution in [2.45, 2.75) is 64.5 Å². The van der Waals surface area contributed by atoms with Gasteiger partial charge in [-0.25, -0.2) is 4.79 Å². The van der Waals surface area contributed by atoms with Crippen LogP contribution in [0, 0.1) is 0 Å². The van der Waals surface area contributed by atoms with Gasteiger partial charge < -0.3 is 10.1 Å². The van der Waals surface area contributed by atoms with Crippen LogP contribution in [0.2, 0.25) is 0 Å². The van der Waals surface area contributed by atoms with Gasteiger partial charge in [-0.3, -0.25) is 4.90 Å². The van der Waals surface area contributed by atoms with Crippen molar-refractivity contribution < 1.29 is 9.53 Å². The number of fused-ring (bicyclic) bond motifs is 1. The summed E-state index contributed by atoms with van der Waals surface area (Å²) in [7, 11) is 0. The Kier molecular flexibility index (Phi) is 4.62. The lowest BCUT2D eigenvalue weighted by atomic mass is 9.96. The van der Waals surface area contributed by atoms with Crippen molar-refractivity contribution in [1.82, 2.24) is 5.32 Å². The maximum atomic E-state index is 12.3. The predicted molar refractivity (Wildman–Crippen MR) is 93.1 cm³/mol. The fourth-order valence-corrected chi connectivity index (χ4v) is 3.47. The zero-order chi connectivity index (χ0) is 16.4. The highest BCUT2D eigenvalue weighted by molar-refractivity contribution is 5.90. The number of nitrogens with one attached hydrogen (secondary N) is 1. The normalized spacial score (nSPS) is 21.2. The third-order valence-corrected chi connectivity index (χ3v) is 4.55. The van der Waals surface area contributed by atoms with Crippen LogP contribution in [-0.4, -0.2) is 30.8 Å². The number of hydrogen-bond donors (Lipinski definition) is 1. The van der Waals surface area contributed by atoms with Gasteiger partial charge in [-0.2, -0.15) is 0 Å². The van der Waals surface area contributed by atoms with E-state index in [1.165, 1.54) is 30.4 Å². The van der Waals surface area contributed by atoms with Gasteiger partial charge in [0.15, 0.2) is 0 Å². The summed E-state index contributed by atoms with van der Waals surface area (Å²) in [6.07, 6.45) is 5.65. The summed E-state index contributed by atoms with van der Waals surface area (Å²) in [6.45, 7) is 7.57. The molecule has 126 valence electrons. The average molecular weight is 316 g/mol. The molecule has 0 radical (unpaired) electrons. The van der Waals surface area contributed by atoms with Gasteiger partial charge in [0.25, 0.3) is 0 Å². The van der Waals surface area contributed by atoms with E-state index in [1.807, 2.05) is 20.8 Å². The number of amides is 1. The van der Waals surface area contributed by atoms with Gasteiger partial charge in [-0.15, -0.1) is 0 Å². The highest BCUT2D eigenvalue weighted by Crippen LogP contribution is 2.31. The summed E-state index contributed by atoms with van der Waals surface area (Å²) >= 11 is 0. The Bertz CT molecular complexity index is 571. The number of hydrogen-bond acceptors (Lipinski definition) is 3. The Labute approximate surface area is 139 Å². The standard InChI is InChI=1S/C19H28N2O2/c1-19(2,3)23-18(22)21-11-9-15-12-14(7-8-17(15)21)13-16-6-4-5-10-20-16/h7-8,12,16,20H,4-6,9-11,13H2,1-3H3. The van der Waals surface area contributed by atoms with Crippen molar-refractivity contribution in [2.75, 3.05) is 18.0 Å². The maximum absolute atomic E-state index is 12.3. The summed E-state index contributed by atoms with van der Waals surface area (Å²) in [5.74, 6) is 0. The summed E-state index contributed by atoms with van der Waals surface area (Å²) in [5, 5.41) is 3.60. The van der Waals surface area contributed by atoms with E-state index in [-0.39, 0.29) is 6.09 Å². The number of anilines is 1. The van der Waals surface area contributed by atoms with Crippen LogP contribution in [0.25, 0.3) is 0 Å². The lowest BCUT2D eigenvalue weighted by Gasteiger charge is -2.25. The van der Waals surface area contributed by atoms with Crippen LogP contribution in [0.1, 0.15) is 51.2 Å². The molecule has 23 heavy (non-hydrogen) atoms. The van der Waals surface area contributed by atoms with Crippen molar-refractivity contribution >= 4 is 11.8 Å². The van der Waals surface area contributed by atoms with E-state index in [4.69, 9.17) is 4.74 Å². The molecule has 4 nitrogen and oxygen atoms in total. The van der Waals surface area contributed by atoms with E-state index in [9.17, 15) is 4.79 Å². The first kappa shape index (κ1) is 16.3. The monoisotopic (exact) mass is 316 g/mol. The van der Waals surface area contributed by atoms with Crippen LogP contribution in [0.3, 0.4) is 0 Å². The molecule has 2 aliphatic rings. The van der Waals surface area contributed by atoms with Gasteiger partial charge in [0.2, 0.25) is 0 Å². The van der Waals surface area contributed by atoms with Crippen LogP contribution in [0.15, 0.2) is 18.2 Å². The molecule has 0 aliphatic carbocycles. The second-order valence-corrected chi connectivity index (χ2v) is 7.70. The molecule has 3 rings (SSSR count). The number of carbonyl (C=O) groups is 1. The minimum atomic E-state index is -0.452. The lowest BCUT2D eigenvalue weighted by molar-refractivity contribution is 0.0584. The smallest absolute Gasteiger partial charge is 0.414 e. The molecule has 1 atom stereocenters. The van der Waals surface area contributed by atoms with Crippen molar-refractivity contribution in [3.8, 4) is 0 Å². The van der Waals surface area contributed by atoms with Crippen molar-refractivity contribution in [1.29, 1.82) is 0 Å². The second-order valence-electron chi connectivity index (χ2n) is 7.70. The fraction of sp³-hybridized carbons (Fsp3) is 0.632. The SMILES string of the molecule is CC(C)(C)OC(=O)N1CCc2cc(CC3CCCCN3)ccc21. The van der Waals surface area contributed by atoms with Gasteiger partial charge in [0, 0.05) is 12.6 Å². The average Bonchev–Trinajstić information content (AvgIpc) is 2.90. The highest BCUT2D eigenvalue weighted by atomic mass is 16.6. The van der Waals surface area contributed by atoms with Crippen LogP contribution in [-0.2, 0) is 17.6 Å². The summed E-state index contributed by atoms with van der Waals surface area (Å²) < 4.78 is 5.51. The molecule has 2 heterocycles. The van der Waals surface area contributed by atoms with Crippen molar-refractivity contribution in [3.63, 3.8) is 0 Å². The van der Waals surface area contributed by atoms with E-state index in [2.05, 4.69) is 23.5 Å². The van der Waals surface area contributed by atoms with Crippen LogP contribution < -0.4 is 10.2 Å². The molecular formula is C19H28N2O2. The number of rotatable bonds is 2. The van der Waals surface area contributed by atoms with E-state index in [0.717, 1.165) is 31.6 Å². The Morgan fingerprint density at radius 2 is 2.17 bits per heavy atom. The first-order valence-corrected chi connectivity index (χ1v) is 8.78. The fourth-order valence-electron chi connectivity index (χ4n) is 3.47. The number of ether oxygens (including phenoxy) is 1. The molecule has 1 aromatic rings. The van der Waals surface area contributed by atoms with Crippen molar-refractivity contribution in [2.24, 2.45) is 0 Å². The molecule has 1 unspecified atom stereocenters. The number of carbonyl (C=O) groups excluding carboxylic acids is 1. The molecule has 2 aliphatic heterocycles. The van der Waals surface area contributed by atoms with Gasteiger partial charge >= 0.3 is 6.09 Å². The first-order chi connectivity index (χ1) is 10.9. The molecule has 1 aromatic carbocycles. The van der Waals surface area contributed by atoms with Gasteiger partial charge in [-0.05, 0) is 70.2 Å². The van der Waals surface area contributed by atoms with E-state index >= 15 is 0 Å². The third-order valence-electron chi connectivity index (χ3n) is 4.55. The number of benzene rings is 1. The van der Waals surface area contributed by atoms with Crippen molar-refractivity contribution in [3.05, 3.63) is 29.3 Å². The molecular weight excluding hydrogens is 288 g/mol. The summed E-state index contributed by atoms with van der Waals surface area (Å²) in [4.78, 5) is 14.1. The number of nitrogens with zero attached hydrogens (tertiary/aromatic N) is 1. The quantitative estimate of drug-likeness (QED) is 0.905. The molecule has 0 spiro atoms. The zero-order valence-electron chi connectivity index (χ0n) is 14.5. The molecule has 0 bridgehead atoms. The Hall–Kier alpha value is -1.55. The van der Waals surface area contributed by atoms with Crippen LogP contribution >= 0.6 is 0 Å². The van der Waals surface area contributed by atoms with Gasteiger partial charge in [0.05, 0.1) is 5.69 Å². The number of piperidine rings is 1. The molecule has 1 amide bonds. The summed E-state index contributed by atoms with van der Waals surface area (Å²) in [5.41, 5.74) is 3.20. The molecule has 1 N–H and O–H groups in total. The molecule has 0 saturated carbocycles. The van der Waals surface area contributed by atoms with Crippen LogP contribution in [0.5, 0.6) is 0 Å². The summed E-state index contributed by atoms with van der Waals surface area (Å²) in [6, 6.07) is 7.13. The molecule has 4 heteroatoms. The van der Waals surface area contributed by atoms with E-state index < -0.39 is 5.60 Å². The highest BCUT2D eigenvalue weighted by Gasteiger charge is 2.29. The maximum Gasteiger partial charge on any atom is 0.414 e. The van der Waals surface area contributed by atoms with E-state index in [1.54, 1.807) is 4.90 Å². The largest absolute Gasteiger partial charge is 0.443 e. The minimum absolute atomic E-state index is 0.238. The third kappa shape index (κ3) is 4.05. The Morgan fingerprint density at radius 3 is 2.87 bits per heavy atom. The van der Waals surface area contributed by atoms with E-state index in [0.29, 0.717) is 6.04 Å². The minimum Gasteiger partial charge on any atom is -0.443 e. The first-order valence-electron chi connectivity index (χ1n) is 8.78. The lowest BCUT2D eigenvalue weighted by Crippen LogP contribution is -2.36. The van der Waals surface area contributed by atoms with Gasteiger partial charge in [0.1, 0.15) is 5.60 Å².